The van der Waals surface area contributed by atoms with Crippen LogP contribution in [0, 0.1) is 17.5 Å². The van der Waals surface area contributed by atoms with Crippen LogP contribution in [0.1, 0.15) is 10.4 Å². The van der Waals surface area contributed by atoms with E-state index >= 15 is 0 Å². The van der Waals surface area contributed by atoms with Gasteiger partial charge in [0.15, 0.2) is 0 Å². The van der Waals surface area contributed by atoms with Crippen molar-refractivity contribution in [1.29, 1.82) is 0 Å². The van der Waals surface area contributed by atoms with E-state index in [2.05, 4.69) is 2.81 Å². The number of hydrogen-bond acceptors (Lipinski definition) is 2. The van der Waals surface area contributed by atoms with Crippen molar-refractivity contribution >= 4 is 31.1 Å². The molecule has 0 N–H and O–H groups in total. The second-order valence-electron chi connectivity index (χ2n) is 2.10. The summed E-state index contributed by atoms with van der Waals surface area (Å²) in [5.74, 6) is -5.51. The molecule has 0 aliphatic heterocycles. The summed E-state index contributed by atoms with van der Waals surface area (Å²) in [5, 5.41) is 0. The van der Waals surface area contributed by atoms with Gasteiger partial charge in [0.1, 0.15) is 0 Å². The molecule has 2 radical (unpaired) electrons. The Balaban J connectivity index is 3.26. The second kappa shape index (κ2) is 4.05. The van der Waals surface area contributed by atoms with Gasteiger partial charge in [-0.3, -0.25) is 0 Å². The monoisotopic (exact) mass is 384 g/mol. The zero-order valence-electron chi connectivity index (χ0n) is 6.05. The summed E-state index contributed by atoms with van der Waals surface area (Å²) >= 11 is 0.259. The fourth-order valence-corrected chi connectivity index (χ4v) is 1.12. The summed E-state index contributed by atoms with van der Waals surface area (Å²) in [4.78, 5) is 10.8. The number of hydrogen-bond donors (Lipinski definition) is 0. The normalized spacial score (nSPS) is 9.85. The van der Waals surface area contributed by atoms with Gasteiger partial charge in [-0.1, -0.05) is 0 Å². The molecule has 0 aliphatic rings. The molecule has 1 aromatic rings. The van der Waals surface area contributed by atoms with Crippen molar-refractivity contribution in [3.05, 3.63) is 35.1 Å². The SMILES string of the molecule is O=C([O][Bi])c1ccc(F)c(F)c1F. The fraction of sp³-hybridized carbons (Fsp3) is 0. The van der Waals surface area contributed by atoms with Crippen LogP contribution in [0.5, 0.6) is 0 Å². The van der Waals surface area contributed by atoms with Crippen molar-refractivity contribution in [2.45, 2.75) is 0 Å². The minimum atomic E-state index is -1.67. The third-order valence-electron chi connectivity index (χ3n) is 1.34. The third kappa shape index (κ3) is 1.99. The van der Waals surface area contributed by atoms with Crippen LogP contribution in [-0.4, -0.2) is 31.1 Å². The number of halogens is 3. The average Bonchev–Trinajstić information content (AvgIpc) is 2.13. The van der Waals surface area contributed by atoms with Crippen molar-refractivity contribution in [2.24, 2.45) is 0 Å². The molecule has 0 aromatic heterocycles. The van der Waals surface area contributed by atoms with Crippen LogP contribution >= 0.6 is 0 Å². The molecule has 0 saturated heterocycles. The molecule has 0 aliphatic carbocycles. The molecule has 68 valence electrons. The molecule has 0 unspecified atom stereocenters. The Kier molecular flexibility index (Phi) is 3.25. The summed E-state index contributed by atoms with van der Waals surface area (Å²) in [5.41, 5.74) is -0.596. The first kappa shape index (κ1) is 10.4. The van der Waals surface area contributed by atoms with Gasteiger partial charge in [0.05, 0.1) is 0 Å². The summed E-state index contributed by atoms with van der Waals surface area (Å²) in [7, 11) is 0. The van der Waals surface area contributed by atoms with Gasteiger partial charge in [0.2, 0.25) is 0 Å². The van der Waals surface area contributed by atoms with Crippen LogP contribution in [-0.2, 0) is 2.81 Å². The standard InChI is InChI=1S/C7H3F3O2.Bi/c8-4-2-1-3(7(11)12)5(9)6(4)10;/h1-2H,(H,11,12);/q;+1/p-1. The molecule has 1 aromatic carbocycles. The number of carbonyl (C=O) groups excluding carboxylic acids is 1. The van der Waals surface area contributed by atoms with Crippen LogP contribution in [0.15, 0.2) is 12.1 Å². The maximum absolute atomic E-state index is 12.8. The molecule has 6 heteroatoms. The van der Waals surface area contributed by atoms with Crippen LogP contribution in [0.4, 0.5) is 13.2 Å². The Morgan fingerprint density at radius 1 is 1.23 bits per heavy atom. The van der Waals surface area contributed by atoms with E-state index in [1.54, 1.807) is 0 Å². The summed E-state index contributed by atoms with van der Waals surface area (Å²) in [6.07, 6.45) is 0. The van der Waals surface area contributed by atoms with Gasteiger partial charge in [-0.15, -0.1) is 0 Å². The molecule has 0 amide bonds. The summed E-state index contributed by atoms with van der Waals surface area (Å²) in [6, 6.07) is 1.51. The molecule has 0 atom stereocenters. The van der Waals surface area contributed by atoms with E-state index in [0.717, 1.165) is 6.07 Å². The van der Waals surface area contributed by atoms with Gasteiger partial charge in [0, 0.05) is 0 Å². The molecule has 0 bridgehead atoms. The van der Waals surface area contributed by atoms with Crippen LogP contribution in [0.2, 0.25) is 0 Å². The van der Waals surface area contributed by atoms with E-state index in [1.165, 1.54) is 0 Å². The predicted octanol–water partition coefficient (Wildman–Crippen LogP) is 1.34. The molecule has 0 heterocycles. The molecule has 13 heavy (non-hydrogen) atoms. The van der Waals surface area contributed by atoms with E-state index in [9.17, 15) is 18.0 Å². The van der Waals surface area contributed by atoms with E-state index in [0.29, 0.717) is 6.07 Å². The topological polar surface area (TPSA) is 26.3 Å². The first-order chi connectivity index (χ1) is 6.07. The first-order valence-corrected chi connectivity index (χ1v) is 4.49. The van der Waals surface area contributed by atoms with E-state index in [4.69, 9.17) is 0 Å². The van der Waals surface area contributed by atoms with Crippen LogP contribution in [0.3, 0.4) is 0 Å². The Morgan fingerprint density at radius 2 is 1.85 bits per heavy atom. The quantitative estimate of drug-likeness (QED) is 0.540. The average molecular weight is 384 g/mol. The van der Waals surface area contributed by atoms with E-state index in [-0.39, 0.29) is 25.2 Å². The number of rotatable bonds is 1. The first-order valence-electron chi connectivity index (χ1n) is 3.07. The van der Waals surface area contributed by atoms with E-state index in [1.807, 2.05) is 0 Å². The van der Waals surface area contributed by atoms with Crippen molar-refractivity contribution in [1.82, 2.24) is 0 Å². The Hall–Kier alpha value is -0.637. The minimum absolute atomic E-state index is 0.259. The summed E-state index contributed by atoms with van der Waals surface area (Å²) in [6.45, 7) is 0. The van der Waals surface area contributed by atoms with E-state index < -0.39 is 29.0 Å². The number of carbonyl (C=O) groups is 1. The Labute approximate surface area is 87.2 Å². The Bertz CT molecular complexity index is 354. The van der Waals surface area contributed by atoms with Gasteiger partial charge in [-0.05, 0) is 0 Å². The second-order valence-corrected chi connectivity index (χ2v) is 2.81. The predicted molar refractivity (Wildman–Crippen MR) is 37.5 cm³/mol. The molecular weight excluding hydrogens is 382 g/mol. The summed E-state index contributed by atoms with van der Waals surface area (Å²) < 4.78 is 42.0. The van der Waals surface area contributed by atoms with Crippen LogP contribution < -0.4 is 0 Å². The van der Waals surface area contributed by atoms with Gasteiger partial charge in [0.25, 0.3) is 0 Å². The van der Waals surface area contributed by atoms with Crippen molar-refractivity contribution in [2.75, 3.05) is 0 Å². The number of benzene rings is 1. The van der Waals surface area contributed by atoms with Gasteiger partial charge in [-0.25, -0.2) is 0 Å². The van der Waals surface area contributed by atoms with Gasteiger partial charge in [-0.2, -0.15) is 0 Å². The third-order valence-corrected chi connectivity index (χ3v) is 1.98. The molecule has 0 fully saturated rings. The van der Waals surface area contributed by atoms with Gasteiger partial charge >= 0.3 is 87.1 Å². The maximum atomic E-state index is 12.8. The Morgan fingerprint density at radius 3 is 2.38 bits per heavy atom. The molecule has 2 nitrogen and oxygen atoms in total. The van der Waals surface area contributed by atoms with Crippen molar-refractivity contribution in [3.63, 3.8) is 0 Å². The fourth-order valence-electron chi connectivity index (χ4n) is 0.733. The molecule has 0 spiro atoms. The molecule has 1 rings (SSSR count). The van der Waals surface area contributed by atoms with Gasteiger partial charge < -0.3 is 0 Å². The van der Waals surface area contributed by atoms with Crippen molar-refractivity contribution < 1.29 is 20.8 Å². The van der Waals surface area contributed by atoms with Crippen molar-refractivity contribution in [3.8, 4) is 0 Å². The molecule has 0 saturated carbocycles. The zero-order valence-corrected chi connectivity index (χ0v) is 9.53. The molecular formula is C7H2BiF3O2. The van der Waals surface area contributed by atoms with Crippen LogP contribution in [0.25, 0.3) is 0 Å². The zero-order chi connectivity index (χ0) is 10.0.